The average molecular weight is 358 g/mol. The fraction of sp³-hybridized carbons (Fsp3) is 0.227. The molecule has 0 saturated carbocycles. The lowest BCUT2D eigenvalue weighted by molar-refractivity contribution is -0.132. The molecule has 0 saturated heterocycles. The zero-order chi connectivity index (χ0) is 18.6. The minimum Gasteiger partial charge on any atom is -0.368 e. The van der Waals surface area contributed by atoms with E-state index < -0.39 is 0 Å². The molecular formula is C22H22N4O. The summed E-state index contributed by atoms with van der Waals surface area (Å²) in [5.74, 6) is 0.432. The molecule has 1 aromatic heterocycles. The molecule has 2 N–H and O–H groups in total. The van der Waals surface area contributed by atoms with Crippen molar-refractivity contribution in [2.45, 2.75) is 25.3 Å². The Bertz CT molecular complexity index is 888. The Morgan fingerprint density at radius 1 is 1.04 bits per heavy atom. The van der Waals surface area contributed by atoms with Gasteiger partial charge in [-0.05, 0) is 23.1 Å². The van der Waals surface area contributed by atoms with E-state index in [0.717, 1.165) is 28.8 Å². The van der Waals surface area contributed by atoms with E-state index in [1.54, 1.807) is 6.20 Å². The third-order valence-electron chi connectivity index (χ3n) is 5.10. The number of amides is 1. The fourth-order valence-corrected chi connectivity index (χ4v) is 3.63. The number of nitrogens with two attached hydrogens (primary N) is 1. The van der Waals surface area contributed by atoms with Gasteiger partial charge >= 0.3 is 0 Å². The molecule has 5 nitrogen and oxygen atoms in total. The van der Waals surface area contributed by atoms with E-state index in [4.69, 9.17) is 5.73 Å². The molecule has 0 unspecified atom stereocenters. The van der Waals surface area contributed by atoms with Gasteiger partial charge in [0.25, 0.3) is 0 Å². The van der Waals surface area contributed by atoms with Gasteiger partial charge in [-0.15, -0.1) is 0 Å². The Morgan fingerprint density at radius 2 is 1.67 bits per heavy atom. The highest BCUT2D eigenvalue weighted by Crippen LogP contribution is 2.29. The minimum atomic E-state index is 0.0387. The minimum absolute atomic E-state index is 0.0387. The molecule has 2 aromatic carbocycles. The van der Waals surface area contributed by atoms with E-state index in [9.17, 15) is 4.79 Å². The Balaban J connectivity index is 1.56. The van der Waals surface area contributed by atoms with Gasteiger partial charge < -0.3 is 10.6 Å². The van der Waals surface area contributed by atoms with Gasteiger partial charge in [0.1, 0.15) is 0 Å². The van der Waals surface area contributed by atoms with Gasteiger partial charge in [-0.1, -0.05) is 60.7 Å². The Kier molecular flexibility index (Phi) is 4.83. The number of carbonyl (C=O) groups is 1. The van der Waals surface area contributed by atoms with Crippen molar-refractivity contribution >= 4 is 11.9 Å². The predicted octanol–water partition coefficient (Wildman–Crippen LogP) is 3.17. The molecule has 0 bridgehead atoms. The van der Waals surface area contributed by atoms with Crippen molar-refractivity contribution in [3.8, 4) is 0 Å². The van der Waals surface area contributed by atoms with Crippen molar-refractivity contribution in [3.05, 3.63) is 89.2 Å². The van der Waals surface area contributed by atoms with Gasteiger partial charge in [0, 0.05) is 25.1 Å². The molecule has 1 aliphatic rings. The molecule has 1 aliphatic heterocycles. The van der Waals surface area contributed by atoms with Crippen LogP contribution in [-0.4, -0.2) is 27.3 Å². The Morgan fingerprint density at radius 3 is 2.30 bits per heavy atom. The quantitative estimate of drug-likeness (QED) is 0.777. The van der Waals surface area contributed by atoms with Crippen LogP contribution in [0.25, 0.3) is 0 Å². The summed E-state index contributed by atoms with van der Waals surface area (Å²) in [6, 6.07) is 20.4. The number of nitrogen functional groups attached to an aromatic ring is 1. The molecule has 0 radical (unpaired) electrons. The van der Waals surface area contributed by atoms with Crippen LogP contribution in [0.1, 0.15) is 34.7 Å². The first kappa shape index (κ1) is 17.2. The normalized spacial score (nSPS) is 13.4. The standard InChI is InChI=1S/C22H22N4O/c23-22-24-14-18-11-12-26(15-20(18)25-22)21(27)13-19(16-7-3-1-4-8-16)17-9-5-2-6-10-17/h1-10,14,19H,11-13,15H2,(H2,23,24,25). The second-order valence-corrected chi connectivity index (χ2v) is 6.84. The first-order valence-corrected chi connectivity index (χ1v) is 9.18. The summed E-state index contributed by atoms with van der Waals surface area (Å²) in [4.78, 5) is 23.4. The van der Waals surface area contributed by atoms with Crippen molar-refractivity contribution < 1.29 is 4.79 Å². The highest BCUT2D eigenvalue weighted by Gasteiger charge is 2.26. The third kappa shape index (κ3) is 3.82. The summed E-state index contributed by atoms with van der Waals surface area (Å²) in [6.45, 7) is 1.19. The van der Waals surface area contributed by atoms with Crippen LogP contribution in [0.2, 0.25) is 0 Å². The molecule has 3 aromatic rings. The van der Waals surface area contributed by atoms with Crippen LogP contribution in [0.3, 0.4) is 0 Å². The van der Waals surface area contributed by atoms with Crippen LogP contribution >= 0.6 is 0 Å². The lowest BCUT2D eigenvalue weighted by Gasteiger charge is -2.29. The smallest absolute Gasteiger partial charge is 0.223 e. The van der Waals surface area contributed by atoms with Gasteiger partial charge in [-0.3, -0.25) is 4.79 Å². The van der Waals surface area contributed by atoms with Crippen molar-refractivity contribution in [1.29, 1.82) is 0 Å². The summed E-state index contributed by atoms with van der Waals surface area (Å²) in [5.41, 5.74) is 9.96. The van der Waals surface area contributed by atoms with Crippen LogP contribution in [-0.2, 0) is 17.8 Å². The molecule has 27 heavy (non-hydrogen) atoms. The van der Waals surface area contributed by atoms with Crippen molar-refractivity contribution in [2.75, 3.05) is 12.3 Å². The van der Waals surface area contributed by atoms with Gasteiger partial charge in [0.15, 0.2) is 0 Å². The maximum atomic E-state index is 13.1. The number of nitrogens with zero attached hydrogens (tertiary/aromatic N) is 3. The van der Waals surface area contributed by atoms with E-state index in [0.29, 0.717) is 19.5 Å². The number of rotatable bonds is 4. The highest BCUT2D eigenvalue weighted by atomic mass is 16.2. The molecule has 0 atom stereocenters. The molecule has 5 heteroatoms. The number of carbonyl (C=O) groups excluding carboxylic acids is 1. The summed E-state index contributed by atoms with van der Waals surface area (Å²) < 4.78 is 0. The second kappa shape index (κ2) is 7.58. The van der Waals surface area contributed by atoms with E-state index in [1.165, 1.54) is 0 Å². The number of fused-ring (bicyclic) bond motifs is 1. The van der Waals surface area contributed by atoms with Crippen LogP contribution < -0.4 is 5.73 Å². The maximum Gasteiger partial charge on any atom is 0.223 e. The molecular weight excluding hydrogens is 336 g/mol. The van der Waals surface area contributed by atoms with E-state index in [1.807, 2.05) is 41.3 Å². The molecule has 0 spiro atoms. The van der Waals surface area contributed by atoms with Crippen LogP contribution in [0.5, 0.6) is 0 Å². The largest absolute Gasteiger partial charge is 0.368 e. The van der Waals surface area contributed by atoms with Gasteiger partial charge in [0.05, 0.1) is 12.2 Å². The molecule has 0 fully saturated rings. The number of hydrogen-bond acceptors (Lipinski definition) is 4. The molecule has 136 valence electrons. The highest BCUT2D eigenvalue weighted by molar-refractivity contribution is 5.78. The van der Waals surface area contributed by atoms with Gasteiger partial charge in [0.2, 0.25) is 11.9 Å². The summed E-state index contributed by atoms with van der Waals surface area (Å²) >= 11 is 0. The zero-order valence-corrected chi connectivity index (χ0v) is 15.1. The van der Waals surface area contributed by atoms with E-state index in [-0.39, 0.29) is 17.8 Å². The first-order chi connectivity index (χ1) is 13.2. The van der Waals surface area contributed by atoms with Gasteiger partial charge in [-0.25, -0.2) is 9.97 Å². The zero-order valence-electron chi connectivity index (χ0n) is 15.1. The molecule has 2 heterocycles. The lowest BCUT2D eigenvalue weighted by atomic mass is 9.88. The summed E-state index contributed by atoms with van der Waals surface area (Å²) in [7, 11) is 0. The summed E-state index contributed by atoms with van der Waals surface area (Å²) in [5, 5.41) is 0. The van der Waals surface area contributed by atoms with Gasteiger partial charge in [-0.2, -0.15) is 0 Å². The monoisotopic (exact) mass is 358 g/mol. The van der Waals surface area contributed by atoms with Crippen molar-refractivity contribution in [1.82, 2.24) is 14.9 Å². The van der Waals surface area contributed by atoms with Crippen molar-refractivity contribution in [3.63, 3.8) is 0 Å². The average Bonchev–Trinajstić information content (AvgIpc) is 2.72. The van der Waals surface area contributed by atoms with E-state index in [2.05, 4.69) is 34.2 Å². The van der Waals surface area contributed by atoms with Crippen LogP contribution in [0.4, 0.5) is 5.95 Å². The van der Waals surface area contributed by atoms with Crippen LogP contribution in [0.15, 0.2) is 66.9 Å². The number of anilines is 1. The Hall–Kier alpha value is -3.21. The molecule has 4 rings (SSSR count). The van der Waals surface area contributed by atoms with E-state index >= 15 is 0 Å². The topological polar surface area (TPSA) is 72.1 Å². The van der Waals surface area contributed by atoms with Crippen molar-refractivity contribution in [2.24, 2.45) is 0 Å². The number of aromatic nitrogens is 2. The number of hydrogen-bond donors (Lipinski definition) is 1. The second-order valence-electron chi connectivity index (χ2n) is 6.84. The predicted molar refractivity (Wildman–Crippen MR) is 105 cm³/mol. The maximum absolute atomic E-state index is 13.1. The molecule has 0 aliphatic carbocycles. The van der Waals surface area contributed by atoms with Crippen LogP contribution in [0, 0.1) is 0 Å². The SMILES string of the molecule is Nc1ncc2c(n1)CN(C(=O)CC(c1ccccc1)c1ccccc1)CC2. The fourth-order valence-electron chi connectivity index (χ4n) is 3.63. The number of benzene rings is 2. The summed E-state index contributed by atoms with van der Waals surface area (Å²) in [6.07, 6.45) is 2.98. The molecule has 1 amide bonds. The third-order valence-corrected chi connectivity index (χ3v) is 5.10. The Labute approximate surface area is 158 Å². The lowest BCUT2D eigenvalue weighted by Crippen LogP contribution is -2.37. The first-order valence-electron chi connectivity index (χ1n) is 9.18.